The molecule has 5 heteroatoms. The number of carbonyl (C=O) groups is 1. The van der Waals surface area contributed by atoms with Crippen LogP contribution in [0.1, 0.15) is 19.3 Å². The third-order valence-electron chi connectivity index (χ3n) is 3.43. The maximum atomic E-state index is 11.9. The van der Waals surface area contributed by atoms with Gasteiger partial charge in [0.1, 0.15) is 11.9 Å². The van der Waals surface area contributed by atoms with Crippen LogP contribution in [-0.2, 0) is 4.79 Å². The lowest BCUT2D eigenvalue weighted by molar-refractivity contribution is -0.132. The molecule has 1 amide bonds. The Kier molecular flexibility index (Phi) is 7.41. The van der Waals surface area contributed by atoms with Crippen LogP contribution in [0.5, 0.6) is 5.75 Å². The summed E-state index contributed by atoms with van der Waals surface area (Å²) in [5, 5.41) is 3.01. The van der Waals surface area contributed by atoms with Crippen molar-refractivity contribution in [3.63, 3.8) is 0 Å². The molecule has 0 radical (unpaired) electrons. The second kappa shape index (κ2) is 8.82. The average Bonchev–Trinajstić information content (AvgIpc) is 2.46. The first-order valence-corrected chi connectivity index (χ1v) is 6.93. The van der Waals surface area contributed by atoms with Crippen LogP contribution in [0.4, 0.5) is 0 Å². The van der Waals surface area contributed by atoms with Crippen LogP contribution in [0, 0.1) is 0 Å². The van der Waals surface area contributed by atoms with Gasteiger partial charge in [-0.05, 0) is 19.2 Å². The maximum absolute atomic E-state index is 11.9. The molecule has 20 heavy (non-hydrogen) atoms. The molecule has 0 atom stereocenters. The Morgan fingerprint density at radius 3 is 2.55 bits per heavy atom. The van der Waals surface area contributed by atoms with Crippen LogP contribution in [0.25, 0.3) is 0 Å². The Morgan fingerprint density at radius 1 is 1.30 bits per heavy atom. The molecule has 1 saturated heterocycles. The van der Waals surface area contributed by atoms with E-state index in [0.717, 1.165) is 38.2 Å². The molecule has 0 bridgehead atoms. The number of nitrogens with zero attached hydrogens (tertiary/aromatic N) is 1. The maximum Gasteiger partial charge on any atom is 0.223 e. The van der Waals surface area contributed by atoms with Crippen molar-refractivity contribution in [3.05, 3.63) is 30.3 Å². The summed E-state index contributed by atoms with van der Waals surface area (Å²) < 4.78 is 5.91. The Labute approximate surface area is 126 Å². The summed E-state index contributed by atoms with van der Waals surface area (Å²) >= 11 is 0. The molecule has 1 aromatic carbocycles. The highest BCUT2D eigenvalue weighted by molar-refractivity contribution is 5.85. The zero-order chi connectivity index (χ0) is 13.5. The highest BCUT2D eigenvalue weighted by atomic mass is 35.5. The number of ether oxygens (including phenoxy) is 1. The van der Waals surface area contributed by atoms with Crippen molar-refractivity contribution in [1.29, 1.82) is 0 Å². The van der Waals surface area contributed by atoms with E-state index in [1.165, 1.54) is 0 Å². The van der Waals surface area contributed by atoms with Crippen molar-refractivity contribution in [2.75, 3.05) is 26.7 Å². The van der Waals surface area contributed by atoms with Crippen molar-refractivity contribution >= 4 is 18.3 Å². The first-order chi connectivity index (χ1) is 9.29. The molecule has 2 rings (SSSR count). The van der Waals surface area contributed by atoms with Crippen molar-refractivity contribution in [3.8, 4) is 5.75 Å². The van der Waals surface area contributed by atoms with Crippen molar-refractivity contribution < 1.29 is 9.53 Å². The number of rotatable bonds is 5. The van der Waals surface area contributed by atoms with Gasteiger partial charge in [-0.3, -0.25) is 4.79 Å². The number of hydrogen-bond donors (Lipinski definition) is 1. The fourth-order valence-corrected chi connectivity index (χ4v) is 2.30. The van der Waals surface area contributed by atoms with Gasteiger partial charge in [0.25, 0.3) is 0 Å². The number of halogens is 1. The summed E-state index contributed by atoms with van der Waals surface area (Å²) in [6.45, 7) is 2.36. The molecule has 1 aliphatic rings. The molecule has 0 unspecified atom stereocenters. The molecule has 1 aliphatic heterocycles. The van der Waals surface area contributed by atoms with E-state index in [2.05, 4.69) is 5.32 Å². The lowest BCUT2D eigenvalue weighted by atomic mass is 10.1. The minimum absolute atomic E-state index is 0. The van der Waals surface area contributed by atoms with E-state index in [9.17, 15) is 4.79 Å². The third-order valence-corrected chi connectivity index (χ3v) is 3.43. The second-order valence-electron chi connectivity index (χ2n) is 4.86. The SMILES string of the molecule is CNCCC(=O)N1CCC(Oc2ccccc2)CC1.Cl. The van der Waals surface area contributed by atoms with Crippen LogP contribution in [0.15, 0.2) is 30.3 Å². The summed E-state index contributed by atoms with van der Waals surface area (Å²) in [7, 11) is 1.87. The van der Waals surface area contributed by atoms with E-state index >= 15 is 0 Å². The van der Waals surface area contributed by atoms with Gasteiger partial charge in [0.05, 0.1) is 0 Å². The summed E-state index contributed by atoms with van der Waals surface area (Å²) in [6, 6.07) is 9.89. The predicted molar refractivity (Wildman–Crippen MR) is 82.5 cm³/mol. The summed E-state index contributed by atoms with van der Waals surface area (Å²) in [4.78, 5) is 13.8. The molecule has 1 heterocycles. The number of nitrogens with one attached hydrogen (secondary N) is 1. The lowest BCUT2D eigenvalue weighted by Crippen LogP contribution is -2.42. The fourth-order valence-electron chi connectivity index (χ4n) is 2.30. The molecule has 0 aromatic heterocycles. The van der Waals surface area contributed by atoms with Crippen molar-refractivity contribution in [1.82, 2.24) is 10.2 Å². The molecule has 112 valence electrons. The van der Waals surface area contributed by atoms with E-state index < -0.39 is 0 Å². The topological polar surface area (TPSA) is 41.6 Å². The molecule has 0 spiro atoms. The first-order valence-electron chi connectivity index (χ1n) is 6.93. The Hall–Kier alpha value is -1.26. The number of benzene rings is 1. The Balaban J connectivity index is 0.00000200. The van der Waals surface area contributed by atoms with Gasteiger partial charge in [-0.2, -0.15) is 0 Å². The van der Waals surface area contributed by atoms with Gasteiger partial charge in [-0.25, -0.2) is 0 Å². The molecule has 1 aromatic rings. The number of carbonyl (C=O) groups excluding carboxylic acids is 1. The Bertz CT molecular complexity index is 392. The molecule has 0 aliphatic carbocycles. The van der Waals surface area contributed by atoms with Crippen LogP contribution in [0.3, 0.4) is 0 Å². The standard InChI is InChI=1S/C15H22N2O2.ClH/c1-16-10-7-15(18)17-11-8-14(9-12-17)19-13-5-3-2-4-6-13;/h2-6,14,16H,7-12H2,1H3;1H. The van der Waals surface area contributed by atoms with E-state index in [4.69, 9.17) is 4.74 Å². The van der Waals surface area contributed by atoms with E-state index in [0.29, 0.717) is 6.42 Å². The third kappa shape index (κ3) is 5.02. The van der Waals surface area contributed by atoms with Crippen LogP contribution < -0.4 is 10.1 Å². The summed E-state index contributed by atoms with van der Waals surface area (Å²) in [5.41, 5.74) is 0. The summed E-state index contributed by atoms with van der Waals surface area (Å²) in [6.07, 6.45) is 2.65. The molecule has 4 nitrogen and oxygen atoms in total. The van der Waals surface area contributed by atoms with Gasteiger partial charge in [0.15, 0.2) is 0 Å². The molecule has 0 saturated carbocycles. The van der Waals surface area contributed by atoms with Crippen LogP contribution in [0.2, 0.25) is 0 Å². The van der Waals surface area contributed by atoms with Gasteiger partial charge < -0.3 is 15.0 Å². The number of piperidine rings is 1. The van der Waals surface area contributed by atoms with Gasteiger partial charge in [0.2, 0.25) is 5.91 Å². The lowest BCUT2D eigenvalue weighted by Gasteiger charge is -2.32. The second-order valence-corrected chi connectivity index (χ2v) is 4.86. The zero-order valence-electron chi connectivity index (χ0n) is 11.9. The first kappa shape index (κ1) is 16.8. The Morgan fingerprint density at radius 2 is 1.95 bits per heavy atom. The van der Waals surface area contributed by atoms with Gasteiger partial charge in [-0.1, -0.05) is 18.2 Å². The molecule has 1 fully saturated rings. The van der Waals surface area contributed by atoms with Crippen LogP contribution >= 0.6 is 12.4 Å². The largest absolute Gasteiger partial charge is 0.490 e. The smallest absolute Gasteiger partial charge is 0.223 e. The quantitative estimate of drug-likeness (QED) is 0.905. The van der Waals surface area contributed by atoms with E-state index in [1.54, 1.807) is 0 Å². The van der Waals surface area contributed by atoms with E-state index in [-0.39, 0.29) is 24.4 Å². The zero-order valence-corrected chi connectivity index (χ0v) is 12.7. The van der Waals surface area contributed by atoms with Crippen molar-refractivity contribution in [2.24, 2.45) is 0 Å². The number of hydrogen-bond acceptors (Lipinski definition) is 3. The number of para-hydroxylation sites is 1. The highest BCUT2D eigenvalue weighted by Gasteiger charge is 2.23. The van der Waals surface area contributed by atoms with Crippen molar-refractivity contribution in [2.45, 2.75) is 25.4 Å². The van der Waals surface area contributed by atoms with E-state index in [1.807, 2.05) is 42.3 Å². The molecular formula is C15H23ClN2O2. The average molecular weight is 299 g/mol. The minimum atomic E-state index is 0. The molecule has 1 N–H and O–H groups in total. The summed E-state index contributed by atoms with van der Waals surface area (Å²) in [5.74, 6) is 1.16. The highest BCUT2D eigenvalue weighted by Crippen LogP contribution is 2.18. The number of likely N-dealkylation sites (tertiary alicyclic amines) is 1. The number of amides is 1. The van der Waals surface area contributed by atoms with Gasteiger partial charge in [-0.15, -0.1) is 12.4 Å². The van der Waals surface area contributed by atoms with Gasteiger partial charge in [0, 0.05) is 38.9 Å². The molecular weight excluding hydrogens is 276 g/mol. The van der Waals surface area contributed by atoms with Gasteiger partial charge >= 0.3 is 0 Å². The normalized spacial score (nSPS) is 15.6. The predicted octanol–water partition coefficient (Wildman–Crippen LogP) is 2.09. The fraction of sp³-hybridized carbons (Fsp3) is 0.533. The monoisotopic (exact) mass is 298 g/mol. The minimum Gasteiger partial charge on any atom is -0.490 e. The van der Waals surface area contributed by atoms with Crippen LogP contribution in [-0.4, -0.2) is 43.6 Å².